The summed E-state index contributed by atoms with van der Waals surface area (Å²) in [5.41, 5.74) is 7.39. The molecule has 1 aromatic heterocycles. The topological polar surface area (TPSA) is 38.7 Å². The zero-order valence-electron chi connectivity index (χ0n) is 22.9. The van der Waals surface area contributed by atoms with E-state index in [-0.39, 0.29) is 0 Å². The molecule has 3 nitrogen and oxygen atoms in total. The second kappa shape index (κ2) is 11.8. The molecular weight excluding hydrogens is 498 g/mol. The van der Waals surface area contributed by atoms with E-state index in [9.17, 15) is 0 Å². The van der Waals surface area contributed by atoms with Crippen molar-refractivity contribution in [3.8, 4) is 45.3 Å². The van der Waals surface area contributed by atoms with Crippen LogP contribution < -0.4 is 0 Å². The van der Waals surface area contributed by atoms with Gasteiger partial charge in [0.15, 0.2) is 17.5 Å². The molecule has 6 aromatic rings. The number of rotatable bonds is 7. The smallest absolute Gasteiger partial charge is 0.165 e. The first-order chi connectivity index (χ1) is 20.2. The number of allylic oxidation sites excluding steroid dienone is 5. The summed E-state index contributed by atoms with van der Waals surface area (Å²) in [5.74, 6) is 1.94. The molecule has 0 radical (unpaired) electrons. The molecule has 0 fully saturated rings. The van der Waals surface area contributed by atoms with Crippen LogP contribution in [0.3, 0.4) is 0 Å². The Hall–Kier alpha value is -5.41. The van der Waals surface area contributed by atoms with Crippen LogP contribution in [0.1, 0.15) is 12.5 Å². The lowest BCUT2D eigenvalue weighted by molar-refractivity contribution is 1.08. The number of hydrogen-bond acceptors (Lipinski definition) is 3. The highest BCUT2D eigenvalue weighted by atomic mass is 15.0. The molecule has 5 aromatic carbocycles. The van der Waals surface area contributed by atoms with E-state index >= 15 is 0 Å². The predicted octanol–water partition coefficient (Wildman–Crippen LogP) is 9.84. The van der Waals surface area contributed by atoms with Gasteiger partial charge in [-0.2, -0.15) is 0 Å². The molecule has 6 rings (SSSR count). The van der Waals surface area contributed by atoms with E-state index in [1.807, 2.05) is 48.6 Å². The fourth-order valence-electron chi connectivity index (χ4n) is 4.96. The SMILES string of the molecule is C=C/C=C\C=C(/C)c1ccc(-c2nc(-c3ccccc3)nc(-c3c(-c4ccccc4)ccc4ccccc34)n2)cc1. The maximum absolute atomic E-state index is 5.11. The van der Waals surface area contributed by atoms with Crippen LogP contribution in [0.25, 0.3) is 61.6 Å². The van der Waals surface area contributed by atoms with Gasteiger partial charge in [0.1, 0.15) is 0 Å². The van der Waals surface area contributed by atoms with E-state index in [4.69, 9.17) is 15.0 Å². The van der Waals surface area contributed by atoms with Gasteiger partial charge in [0, 0.05) is 16.7 Å². The number of benzene rings is 5. The second-order valence-corrected chi connectivity index (χ2v) is 9.80. The van der Waals surface area contributed by atoms with E-state index in [1.165, 1.54) is 5.57 Å². The van der Waals surface area contributed by atoms with E-state index in [1.54, 1.807) is 6.08 Å². The summed E-state index contributed by atoms with van der Waals surface area (Å²) >= 11 is 0. The molecule has 0 unspecified atom stereocenters. The first-order valence-electron chi connectivity index (χ1n) is 13.7. The summed E-state index contributed by atoms with van der Waals surface area (Å²) in [4.78, 5) is 15.1. The normalized spacial score (nSPS) is 11.7. The average Bonchev–Trinajstić information content (AvgIpc) is 3.05. The molecule has 0 aliphatic rings. The Balaban J connectivity index is 1.56. The number of aromatic nitrogens is 3. The Morgan fingerprint density at radius 1 is 0.561 bits per heavy atom. The largest absolute Gasteiger partial charge is 0.208 e. The van der Waals surface area contributed by atoms with Gasteiger partial charge in [-0.25, -0.2) is 15.0 Å². The lowest BCUT2D eigenvalue weighted by Crippen LogP contribution is -2.01. The summed E-state index contributed by atoms with van der Waals surface area (Å²) < 4.78 is 0. The average molecular weight is 528 g/mol. The third-order valence-corrected chi connectivity index (χ3v) is 7.10. The molecule has 3 heteroatoms. The van der Waals surface area contributed by atoms with E-state index in [2.05, 4.69) is 105 Å². The molecule has 1 heterocycles. The molecule has 0 saturated heterocycles. The van der Waals surface area contributed by atoms with Gasteiger partial charge in [-0.3, -0.25) is 0 Å². The third-order valence-electron chi connectivity index (χ3n) is 7.10. The molecule has 0 aliphatic heterocycles. The van der Waals surface area contributed by atoms with E-state index in [0.717, 1.165) is 44.2 Å². The predicted molar refractivity (Wildman–Crippen MR) is 172 cm³/mol. The molecule has 41 heavy (non-hydrogen) atoms. The minimum Gasteiger partial charge on any atom is -0.208 e. The molecule has 0 aliphatic carbocycles. The molecular formula is C38H29N3. The van der Waals surface area contributed by atoms with E-state index in [0.29, 0.717) is 17.5 Å². The van der Waals surface area contributed by atoms with Crippen LogP contribution in [-0.2, 0) is 0 Å². The summed E-state index contributed by atoms with van der Waals surface area (Å²) in [5, 5.41) is 2.25. The van der Waals surface area contributed by atoms with Crippen molar-refractivity contribution in [3.05, 3.63) is 158 Å². The van der Waals surface area contributed by atoms with Crippen LogP contribution in [0.15, 0.2) is 152 Å². The van der Waals surface area contributed by atoms with Crippen molar-refractivity contribution in [1.29, 1.82) is 0 Å². The highest BCUT2D eigenvalue weighted by Gasteiger charge is 2.18. The highest BCUT2D eigenvalue weighted by molar-refractivity contribution is 6.03. The lowest BCUT2D eigenvalue weighted by Gasteiger charge is -2.15. The summed E-state index contributed by atoms with van der Waals surface area (Å²) in [6.07, 6.45) is 7.77. The van der Waals surface area contributed by atoms with Crippen molar-refractivity contribution >= 4 is 16.3 Å². The fourth-order valence-corrected chi connectivity index (χ4v) is 4.96. The van der Waals surface area contributed by atoms with Gasteiger partial charge in [-0.1, -0.05) is 152 Å². The van der Waals surface area contributed by atoms with Gasteiger partial charge < -0.3 is 0 Å². The molecule has 0 bridgehead atoms. The van der Waals surface area contributed by atoms with Gasteiger partial charge in [0.2, 0.25) is 0 Å². The molecule has 196 valence electrons. The monoisotopic (exact) mass is 527 g/mol. The summed E-state index contributed by atoms with van der Waals surface area (Å²) in [6.45, 7) is 5.84. The fraction of sp³-hybridized carbons (Fsp3) is 0.0263. The minimum atomic E-state index is 0.639. The Labute approximate surface area is 240 Å². The first-order valence-corrected chi connectivity index (χ1v) is 13.7. The van der Waals surface area contributed by atoms with Crippen molar-refractivity contribution in [1.82, 2.24) is 15.0 Å². The Bertz CT molecular complexity index is 1880. The summed E-state index contributed by atoms with van der Waals surface area (Å²) in [7, 11) is 0. The third kappa shape index (κ3) is 5.52. The van der Waals surface area contributed by atoms with Crippen molar-refractivity contribution in [2.24, 2.45) is 0 Å². The van der Waals surface area contributed by atoms with Crippen molar-refractivity contribution in [2.45, 2.75) is 6.92 Å². The molecule has 0 amide bonds. The standard InChI is InChI=1S/C38H29N3/c1-3-4-7-14-27(2)28-21-23-32(24-22-28)37-39-36(31-18-10-6-11-19-31)40-38(41-37)35-33-20-13-12-17-30(33)25-26-34(35)29-15-8-5-9-16-29/h3-26H,1H2,2H3/b7-4-,27-14+. The number of hydrogen-bond donors (Lipinski definition) is 0. The highest BCUT2D eigenvalue weighted by Crippen LogP contribution is 2.38. The Morgan fingerprint density at radius 2 is 1.15 bits per heavy atom. The van der Waals surface area contributed by atoms with E-state index < -0.39 is 0 Å². The second-order valence-electron chi connectivity index (χ2n) is 9.80. The van der Waals surface area contributed by atoms with Gasteiger partial charge >= 0.3 is 0 Å². The van der Waals surface area contributed by atoms with Crippen LogP contribution in [0.2, 0.25) is 0 Å². The number of fused-ring (bicyclic) bond motifs is 1. The lowest BCUT2D eigenvalue weighted by atomic mass is 9.93. The van der Waals surface area contributed by atoms with Crippen LogP contribution in [0, 0.1) is 0 Å². The first kappa shape index (κ1) is 25.8. The van der Waals surface area contributed by atoms with Crippen molar-refractivity contribution in [2.75, 3.05) is 0 Å². The maximum Gasteiger partial charge on any atom is 0.165 e. The van der Waals surface area contributed by atoms with Crippen molar-refractivity contribution < 1.29 is 0 Å². The molecule has 0 saturated carbocycles. The Morgan fingerprint density at radius 3 is 1.83 bits per heavy atom. The van der Waals surface area contributed by atoms with Gasteiger partial charge in [0.25, 0.3) is 0 Å². The molecule has 0 N–H and O–H groups in total. The maximum atomic E-state index is 5.11. The molecule has 0 atom stereocenters. The van der Waals surface area contributed by atoms with Gasteiger partial charge in [-0.15, -0.1) is 0 Å². The van der Waals surface area contributed by atoms with Crippen LogP contribution in [0.4, 0.5) is 0 Å². The van der Waals surface area contributed by atoms with Gasteiger partial charge in [0.05, 0.1) is 0 Å². The Kier molecular flexibility index (Phi) is 7.42. The zero-order chi connectivity index (χ0) is 28.0. The minimum absolute atomic E-state index is 0.639. The molecule has 0 spiro atoms. The zero-order valence-corrected chi connectivity index (χ0v) is 22.9. The summed E-state index contributed by atoms with van der Waals surface area (Å²) in [6, 6.07) is 41.7. The van der Waals surface area contributed by atoms with Crippen LogP contribution in [-0.4, -0.2) is 15.0 Å². The number of nitrogens with zero attached hydrogens (tertiary/aromatic N) is 3. The van der Waals surface area contributed by atoms with Crippen LogP contribution in [0.5, 0.6) is 0 Å². The quantitative estimate of drug-likeness (QED) is 0.194. The van der Waals surface area contributed by atoms with Crippen molar-refractivity contribution in [3.63, 3.8) is 0 Å². The van der Waals surface area contributed by atoms with Gasteiger partial charge in [-0.05, 0) is 40.0 Å². The van der Waals surface area contributed by atoms with Crippen LogP contribution >= 0.6 is 0 Å².